The molecule has 0 aromatic heterocycles. The van der Waals surface area contributed by atoms with Crippen molar-refractivity contribution in [2.45, 2.75) is 36.9 Å². The molecule has 18 heavy (non-hydrogen) atoms. The third kappa shape index (κ3) is 4.08. The van der Waals surface area contributed by atoms with E-state index < -0.39 is 44.9 Å². The predicted molar refractivity (Wildman–Crippen MR) is 55.4 cm³/mol. The second-order valence-corrected chi connectivity index (χ2v) is 5.11. The Bertz CT molecular complexity index is 329. The van der Waals surface area contributed by atoms with Gasteiger partial charge in [0.2, 0.25) is 0 Å². The Morgan fingerprint density at radius 3 is 2.17 bits per heavy atom. The first-order chi connectivity index (χ1) is 8.26. The van der Waals surface area contributed by atoms with Gasteiger partial charge in [-0.05, 0) is 0 Å². The number of hydrogen-bond donors (Lipinski definition) is 5. The molecule has 0 radical (unpaired) electrons. The molecule has 0 aromatic carbocycles. The highest BCUT2D eigenvalue weighted by atomic mass is 31.2. The van der Waals surface area contributed by atoms with Crippen LogP contribution in [0.3, 0.4) is 0 Å². The van der Waals surface area contributed by atoms with Gasteiger partial charge in [0.1, 0.15) is 30.7 Å². The van der Waals surface area contributed by atoms with Gasteiger partial charge < -0.3 is 34.6 Å². The van der Waals surface area contributed by atoms with Gasteiger partial charge in [0.05, 0.1) is 12.7 Å². The van der Waals surface area contributed by atoms with Crippen LogP contribution in [0.25, 0.3) is 0 Å². The topological polar surface area (TPSA) is 154 Å². The second-order valence-electron chi connectivity index (χ2n) is 3.87. The Morgan fingerprint density at radius 2 is 1.67 bits per heavy atom. The van der Waals surface area contributed by atoms with Gasteiger partial charge in [-0.15, -0.1) is 0 Å². The largest absolute Gasteiger partial charge is 0.469 e. The molecule has 1 saturated heterocycles. The summed E-state index contributed by atoms with van der Waals surface area (Å²) in [7, 11) is -4.73. The lowest BCUT2D eigenvalue weighted by atomic mass is 9.94. The molecule has 9 nitrogen and oxygen atoms in total. The summed E-state index contributed by atoms with van der Waals surface area (Å²) < 4.78 is 19.7. The van der Waals surface area contributed by atoms with Crippen LogP contribution in [0.5, 0.6) is 0 Å². The normalized spacial score (nSPS) is 37.5. The summed E-state index contributed by atoms with van der Waals surface area (Å²) in [5.41, 5.74) is 0. The highest BCUT2D eigenvalue weighted by Crippen LogP contribution is 2.37. The van der Waals surface area contributed by atoms with E-state index in [1.54, 1.807) is 0 Å². The number of ether oxygens (including phenoxy) is 1. The molecule has 1 fully saturated rings. The smallest absolute Gasteiger partial charge is 0.388 e. The van der Waals surface area contributed by atoms with Crippen molar-refractivity contribution in [1.82, 2.24) is 0 Å². The number of phosphoric acid groups is 1. The minimum absolute atomic E-state index is 0.225. The zero-order chi connectivity index (χ0) is 13.9. The summed E-state index contributed by atoms with van der Waals surface area (Å²) in [4.78, 5) is 27.4. The van der Waals surface area contributed by atoms with E-state index in [1.807, 2.05) is 0 Å². The van der Waals surface area contributed by atoms with E-state index in [0.29, 0.717) is 6.29 Å². The molecular weight excluding hydrogens is 271 g/mol. The fourth-order valence-corrected chi connectivity index (χ4v) is 1.97. The standard InChI is InChI=1S/C8H15O9P/c9-2-1-4-6(10)8(12)7(11)5(17-4)3-16-18(13,14)15/h2,4-8,10-12H,1,3H2,(H2,13,14,15)/t4-,5?,6?,7-,8-/m1/s1. The third-order valence-corrected chi connectivity index (χ3v) is 3.03. The maximum Gasteiger partial charge on any atom is 0.469 e. The lowest BCUT2D eigenvalue weighted by molar-refractivity contribution is -0.227. The highest BCUT2D eigenvalue weighted by Gasteiger charge is 2.43. The predicted octanol–water partition coefficient (Wildman–Crippen LogP) is -2.47. The Kier molecular flexibility index (Phi) is 5.38. The molecular formula is C8H15O9P. The average molecular weight is 286 g/mol. The van der Waals surface area contributed by atoms with E-state index in [4.69, 9.17) is 14.5 Å². The number of hydrogen-bond acceptors (Lipinski definition) is 7. The second kappa shape index (κ2) is 6.18. The molecule has 106 valence electrons. The Labute approximate surface area is 102 Å². The molecule has 2 unspecified atom stereocenters. The molecule has 10 heteroatoms. The van der Waals surface area contributed by atoms with Gasteiger partial charge in [0, 0.05) is 6.42 Å². The fraction of sp³-hybridized carbons (Fsp3) is 0.875. The zero-order valence-corrected chi connectivity index (χ0v) is 10.1. The van der Waals surface area contributed by atoms with Crippen LogP contribution in [-0.2, 0) is 18.6 Å². The van der Waals surface area contributed by atoms with Gasteiger partial charge in [0.25, 0.3) is 0 Å². The summed E-state index contributed by atoms with van der Waals surface area (Å²) in [5, 5.41) is 28.5. The van der Waals surface area contributed by atoms with E-state index in [2.05, 4.69) is 4.52 Å². The van der Waals surface area contributed by atoms with Crippen LogP contribution < -0.4 is 0 Å². The molecule has 1 aliphatic heterocycles. The molecule has 0 saturated carbocycles. The quantitative estimate of drug-likeness (QED) is 0.273. The number of carbonyl (C=O) groups excluding carboxylic acids is 1. The van der Waals surface area contributed by atoms with Crippen LogP contribution >= 0.6 is 7.82 Å². The van der Waals surface area contributed by atoms with Crippen LogP contribution in [0.1, 0.15) is 6.42 Å². The van der Waals surface area contributed by atoms with Crippen LogP contribution in [0, 0.1) is 0 Å². The molecule has 5 N–H and O–H groups in total. The summed E-state index contributed by atoms with van der Waals surface area (Å²) in [5.74, 6) is 0. The fourth-order valence-electron chi connectivity index (χ4n) is 1.63. The zero-order valence-electron chi connectivity index (χ0n) is 9.19. The molecule has 0 bridgehead atoms. The summed E-state index contributed by atoms with van der Waals surface area (Å²) in [6, 6.07) is 0. The van der Waals surface area contributed by atoms with Crippen LogP contribution in [-0.4, -0.2) is 68.5 Å². The van der Waals surface area contributed by atoms with Gasteiger partial charge in [-0.2, -0.15) is 0 Å². The first-order valence-corrected chi connectivity index (χ1v) is 6.62. The van der Waals surface area contributed by atoms with E-state index in [1.165, 1.54) is 0 Å². The first kappa shape index (κ1) is 15.7. The highest BCUT2D eigenvalue weighted by molar-refractivity contribution is 7.46. The lowest BCUT2D eigenvalue weighted by Gasteiger charge is -2.39. The Hall–Kier alpha value is -0.380. The van der Waals surface area contributed by atoms with Crippen molar-refractivity contribution in [3.8, 4) is 0 Å². The van der Waals surface area contributed by atoms with E-state index in [-0.39, 0.29) is 6.42 Å². The minimum atomic E-state index is -4.73. The number of aldehydes is 1. The third-order valence-electron chi connectivity index (χ3n) is 2.55. The number of carbonyl (C=O) groups is 1. The van der Waals surface area contributed by atoms with Gasteiger partial charge in [0.15, 0.2) is 0 Å². The minimum Gasteiger partial charge on any atom is -0.388 e. The van der Waals surface area contributed by atoms with Crippen molar-refractivity contribution in [1.29, 1.82) is 0 Å². The van der Waals surface area contributed by atoms with E-state index in [0.717, 1.165) is 0 Å². The summed E-state index contributed by atoms with van der Waals surface area (Å²) >= 11 is 0. The van der Waals surface area contributed by atoms with Crippen molar-refractivity contribution in [2.75, 3.05) is 6.61 Å². The number of aliphatic hydroxyl groups excluding tert-OH is 3. The maximum absolute atomic E-state index is 10.5. The molecule has 1 heterocycles. The van der Waals surface area contributed by atoms with Gasteiger partial charge in [-0.1, -0.05) is 0 Å². The first-order valence-electron chi connectivity index (χ1n) is 5.09. The van der Waals surface area contributed by atoms with Gasteiger partial charge in [-0.25, -0.2) is 4.57 Å². The van der Waals surface area contributed by atoms with Crippen molar-refractivity contribution >= 4 is 14.1 Å². The van der Waals surface area contributed by atoms with E-state index in [9.17, 15) is 24.7 Å². The van der Waals surface area contributed by atoms with Gasteiger partial charge >= 0.3 is 7.82 Å². The molecule has 1 aliphatic rings. The monoisotopic (exact) mass is 286 g/mol. The molecule has 0 aromatic rings. The molecule has 5 atom stereocenters. The van der Waals surface area contributed by atoms with Crippen molar-refractivity contribution in [2.24, 2.45) is 0 Å². The molecule has 0 aliphatic carbocycles. The lowest BCUT2D eigenvalue weighted by Crippen LogP contribution is -2.58. The average Bonchev–Trinajstić information content (AvgIpc) is 2.27. The molecule has 1 rings (SSSR count). The van der Waals surface area contributed by atoms with Crippen LogP contribution in [0.15, 0.2) is 0 Å². The van der Waals surface area contributed by atoms with E-state index >= 15 is 0 Å². The van der Waals surface area contributed by atoms with Crippen molar-refractivity contribution in [3.63, 3.8) is 0 Å². The summed E-state index contributed by atoms with van der Waals surface area (Å²) in [6.45, 7) is -0.676. The maximum atomic E-state index is 10.5. The Morgan fingerprint density at radius 1 is 1.11 bits per heavy atom. The molecule has 0 amide bonds. The van der Waals surface area contributed by atoms with Crippen molar-refractivity contribution < 1.29 is 43.7 Å². The number of aliphatic hydroxyl groups is 3. The van der Waals surface area contributed by atoms with Gasteiger partial charge in [-0.3, -0.25) is 4.52 Å². The van der Waals surface area contributed by atoms with Crippen molar-refractivity contribution in [3.05, 3.63) is 0 Å². The van der Waals surface area contributed by atoms with Crippen LogP contribution in [0.2, 0.25) is 0 Å². The SMILES string of the molecule is O=CC[C@H]1OC(COP(=O)(O)O)[C@@H](O)[C@H](O)C1O. The number of rotatable bonds is 5. The van der Waals surface area contributed by atoms with Crippen LogP contribution in [0.4, 0.5) is 0 Å². The summed E-state index contributed by atoms with van der Waals surface area (Å²) in [6.07, 6.45) is -6.71. The Balaban J connectivity index is 2.66. The number of phosphoric ester groups is 1. The molecule has 0 spiro atoms.